The molecule has 0 amide bonds. The normalized spacial score (nSPS) is 26.1. The molecule has 0 aliphatic carbocycles. The predicted octanol–water partition coefficient (Wildman–Crippen LogP) is 0.455. The zero-order chi connectivity index (χ0) is 10.6. The number of nitriles is 1. The average Bonchev–Trinajstić information content (AvgIpc) is 2.31. The Hall–Kier alpha value is -0.600. The summed E-state index contributed by atoms with van der Waals surface area (Å²) in [5.41, 5.74) is 0. The van der Waals surface area contributed by atoms with E-state index in [1.54, 1.807) is 0 Å². The lowest BCUT2D eigenvalue weighted by atomic mass is 10.1. The molecule has 0 aromatic heterocycles. The van der Waals surface area contributed by atoms with E-state index in [9.17, 15) is 8.42 Å². The van der Waals surface area contributed by atoms with Gasteiger partial charge in [0.05, 0.1) is 6.07 Å². The molecule has 1 saturated heterocycles. The molecule has 2 unspecified atom stereocenters. The van der Waals surface area contributed by atoms with Crippen LogP contribution < -0.4 is 5.32 Å². The lowest BCUT2D eigenvalue weighted by Crippen LogP contribution is -2.42. The van der Waals surface area contributed by atoms with Gasteiger partial charge in [0.2, 0.25) is 0 Å². The minimum atomic E-state index is -3.25. The first-order valence-electron chi connectivity index (χ1n) is 4.87. The molecule has 1 rings (SSSR count). The summed E-state index contributed by atoms with van der Waals surface area (Å²) in [4.78, 5) is 0. The fraction of sp³-hybridized carbons (Fsp3) is 0.889. The third kappa shape index (κ3) is 2.96. The van der Waals surface area contributed by atoms with Crippen LogP contribution >= 0.6 is 0 Å². The van der Waals surface area contributed by atoms with E-state index >= 15 is 0 Å². The van der Waals surface area contributed by atoms with Crippen molar-refractivity contribution in [3.8, 4) is 6.07 Å². The fourth-order valence-electron chi connectivity index (χ4n) is 1.80. The van der Waals surface area contributed by atoms with Crippen molar-refractivity contribution in [1.82, 2.24) is 5.32 Å². The van der Waals surface area contributed by atoms with Gasteiger partial charge in [-0.3, -0.25) is 0 Å². The Bertz CT molecular complexity index is 310. The van der Waals surface area contributed by atoms with Crippen LogP contribution in [-0.4, -0.2) is 32.5 Å². The highest BCUT2D eigenvalue weighted by molar-refractivity contribution is 7.91. The molecule has 0 aromatic rings. The van der Waals surface area contributed by atoms with Crippen LogP contribution in [0.15, 0.2) is 0 Å². The van der Waals surface area contributed by atoms with Gasteiger partial charge < -0.3 is 5.32 Å². The van der Waals surface area contributed by atoms with Gasteiger partial charge in [0, 0.05) is 12.3 Å². The molecule has 14 heavy (non-hydrogen) atoms. The summed E-state index contributed by atoms with van der Waals surface area (Å²) < 4.78 is 22.6. The molecule has 1 aliphatic rings. The third-order valence-electron chi connectivity index (χ3n) is 2.55. The predicted molar refractivity (Wildman–Crippen MR) is 54.5 cm³/mol. The first kappa shape index (κ1) is 11.5. The summed E-state index contributed by atoms with van der Waals surface area (Å²) in [6, 6.07) is 1.71. The SMILES string of the molecule is CS(=O)(=O)C(C#N)C1CCCCCN1. The maximum atomic E-state index is 11.3. The lowest BCUT2D eigenvalue weighted by Gasteiger charge is -2.19. The smallest absolute Gasteiger partial charge is 0.165 e. The second-order valence-corrected chi connectivity index (χ2v) is 5.96. The molecule has 2 atom stereocenters. The topological polar surface area (TPSA) is 70.0 Å². The van der Waals surface area contributed by atoms with Gasteiger partial charge in [-0.05, 0) is 19.4 Å². The molecule has 1 fully saturated rings. The van der Waals surface area contributed by atoms with E-state index < -0.39 is 15.1 Å². The Morgan fingerprint density at radius 1 is 1.43 bits per heavy atom. The van der Waals surface area contributed by atoms with Gasteiger partial charge in [0.15, 0.2) is 15.1 Å². The summed E-state index contributed by atoms with van der Waals surface area (Å²) in [6.07, 6.45) is 5.11. The van der Waals surface area contributed by atoms with Crippen molar-refractivity contribution in [2.45, 2.75) is 37.0 Å². The molecule has 0 saturated carbocycles. The highest BCUT2D eigenvalue weighted by Crippen LogP contribution is 2.15. The van der Waals surface area contributed by atoms with Crippen molar-refractivity contribution in [3.05, 3.63) is 0 Å². The maximum absolute atomic E-state index is 11.3. The quantitative estimate of drug-likeness (QED) is 0.728. The van der Waals surface area contributed by atoms with Crippen molar-refractivity contribution in [3.63, 3.8) is 0 Å². The van der Waals surface area contributed by atoms with E-state index in [0.29, 0.717) is 0 Å². The third-order valence-corrected chi connectivity index (χ3v) is 3.91. The van der Waals surface area contributed by atoms with Gasteiger partial charge in [0.25, 0.3) is 0 Å². The monoisotopic (exact) mass is 216 g/mol. The summed E-state index contributed by atoms with van der Waals surface area (Å²) in [7, 11) is -3.25. The maximum Gasteiger partial charge on any atom is 0.165 e. The van der Waals surface area contributed by atoms with Gasteiger partial charge in [-0.1, -0.05) is 12.8 Å². The molecule has 80 valence electrons. The molecule has 5 heteroatoms. The van der Waals surface area contributed by atoms with E-state index in [-0.39, 0.29) is 6.04 Å². The number of rotatable bonds is 2. The standard InChI is InChI=1S/C9H16N2O2S/c1-14(12,13)9(7-10)8-5-3-2-4-6-11-8/h8-9,11H,2-6H2,1H3. The van der Waals surface area contributed by atoms with E-state index in [2.05, 4.69) is 5.32 Å². The van der Waals surface area contributed by atoms with E-state index in [1.807, 2.05) is 6.07 Å². The van der Waals surface area contributed by atoms with Crippen molar-refractivity contribution in [1.29, 1.82) is 5.26 Å². The molecule has 0 spiro atoms. The summed E-state index contributed by atoms with van der Waals surface area (Å²) >= 11 is 0. The van der Waals surface area contributed by atoms with Crippen molar-refractivity contribution in [2.24, 2.45) is 0 Å². The van der Waals surface area contributed by atoms with Crippen molar-refractivity contribution < 1.29 is 8.42 Å². The highest BCUT2D eigenvalue weighted by Gasteiger charge is 2.30. The molecule has 0 bridgehead atoms. The van der Waals surface area contributed by atoms with Crippen molar-refractivity contribution in [2.75, 3.05) is 12.8 Å². The molecule has 1 N–H and O–H groups in total. The van der Waals surface area contributed by atoms with Gasteiger partial charge in [-0.15, -0.1) is 0 Å². The Balaban J connectivity index is 2.74. The van der Waals surface area contributed by atoms with Crippen LogP contribution in [0.25, 0.3) is 0 Å². The molecule has 0 aromatic carbocycles. The van der Waals surface area contributed by atoms with Crippen LogP contribution in [0.2, 0.25) is 0 Å². The van der Waals surface area contributed by atoms with Crippen molar-refractivity contribution >= 4 is 9.84 Å². The number of hydrogen-bond donors (Lipinski definition) is 1. The van der Waals surface area contributed by atoms with Gasteiger partial charge in [-0.2, -0.15) is 5.26 Å². The second kappa shape index (κ2) is 4.76. The van der Waals surface area contributed by atoms with Crippen LogP contribution in [0.5, 0.6) is 0 Å². The van der Waals surface area contributed by atoms with E-state index in [4.69, 9.17) is 5.26 Å². The Morgan fingerprint density at radius 2 is 2.14 bits per heavy atom. The molecule has 0 radical (unpaired) electrons. The zero-order valence-electron chi connectivity index (χ0n) is 8.36. The number of hydrogen-bond acceptors (Lipinski definition) is 4. The Labute approximate surface area is 85.2 Å². The summed E-state index contributed by atoms with van der Waals surface area (Å²) in [5.74, 6) is 0. The van der Waals surface area contributed by atoms with Crippen LogP contribution in [0.1, 0.15) is 25.7 Å². The number of nitrogens with zero attached hydrogens (tertiary/aromatic N) is 1. The van der Waals surface area contributed by atoms with Crippen LogP contribution in [0, 0.1) is 11.3 Å². The number of nitrogens with one attached hydrogen (secondary N) is 1. The zero-order valence-corrected chi connectivity index (χ0v) is 9.18. The Morgan fingerprint density at radius 3 is 2.71 bits per heavy atom. The molecule has 4 nitrogen and oxygen atoms in total. The van der Waals surface area contributed by atoms with E-state index in [1.165, 1.54) is 0 Å². The lowest BCUT2D eigenvalue weighted by molar-refractivity contribution is 0.503. The first-order valence-corrected chi connectivity index (χ1v) is 6.83. The highest BCUT2D eigenvalue weighted by atomic mass is 32.2. The Kier molecular flexibility index (Phi) is 3.90. The van der Waals surface area contributed by atoms with Gasteiger partial charge in [0.1, 0.15) is 0 Å². The fourth-order valence-corrected chi connectivity index (χ4v) is 2.82. The summed E-state index contributed by atoms with van der Waals surface area (Å²) in [5, 5.41) is 11.1. The first-order chi connectivity index (χ1) is 6.55. The van der Waals surface area contributed by atoms with Crippen LogP contribution in [-0.2, 0) is 9.84 Å². The second-order valence-electron chi connectivity index (χ2n) is 3.79. The molecular weight excluding hydrogens is 200 g/mol. The summed E-state index contributed by atoms with van der Waals surface area (Å²) in [6.45, 7) is 0.818. The number of sulfone groups is 1. The van der Waals surface area contributed by atoms with Crippen LogP contribution in [0.3, 0.4) is 0 Å². The largest absolute Gasteiger partial charge is 0.312 e. The average molecular weight is 216 g/mol. The molecular formula is C9H16N2O2S. The van der Waals surface area contributed by atoms with Gasteiger partial charge >= 0.3 is 0 Å². The minimum Gasteiger partial charge on any atom is -0.312 e. The van der Waals surface area contributed by atoms with E-state index in [0.717, 1.165) is 38.5 Å². The minimum absolute atomic E-state index is 0.183. The van der Waals surface area contributed by atoms with Crippen LogP contribution in [0.4, 0.5) is 0 Å². The molecule has 1 aliphatic heterocycles. The van der Waals surface area contributed by atoms with Gasteiger partial charge in [-0.25, -0.2) is 8.42 Å². The molecule has 1 heterocycles.